The van der Waals surface area contributed by atoms with Gasteiger partial charge < -0.3 is 10.6 Å². The number of anilines is 1. The summed E-state index contributed by atoms with van der Waals surface area (Å²) >= 11 is 4.60. The molecule has 28 heavy (non-hydrogen) atoms. The number of carbonyl (C=O) groups is 3. The molecule has 0 saturated heterocycles. The monoisotopic (exact) mass is 462 g/mol. The standard InChI is InChI=1S/C18H16BrN5O3S/c1-24-17(26)15-10(9-28-16(15)23-18(24)27)8-14(25)22-13(20)6-7-21-12-4-2-11(19)3-5-12/h2-7,9,21H,8H2,1H3,(H,23,27)(H2,20,22,25)/p+1/b7-6-. The number of nitrogens with two attached hydrogens (primary N) is 1. The number of amidine groups is 1. The number of thiophene rings is 1. The highest BCUT2D eigenvalue weighted by Gasteiger charge is 2.36. The molecule has 10 heteroatoms. The molecular weight excluding hydrogens is 446 g/mol. The van der Waals surface area contributed by atoms with Crippen molar-refractivity contribution in [2.24, 2.45) is 0 Å². The van der Waals surface area contributed by atoms with Gasteiger partial charge in [0.1, 0.15) is 11.4 Å². The van der Waals surface area contributed by atoms with Crippen molar-refractivity contribution in [3.63, 3.8) is 0 Å². The number of quaternary nitrogens is 1. The summed E-state index contributed by atoms with van der Waals surface area (Å²) in [5, 5.41) is 17.0. The van der Waals surface area contributed by atoms with E-state index in [-0.39, 0.29) is 18.3 Å². The molecule has 1 aliphatic heterocycles. The zero-order chi connectivity index (χ0) is 20.3. The maximum absolute atomic E-state index is 12.3. The van der Waals surface area contributed by atoms with Gasteiger partial charge in [-0.2, -0.15) is 0 Å². The first-order valence-electron chi connectivity index (χ1n) is 8.19. The van der Waals surface area contributed by atoms with Gasteiger partial charge in [-0.3, -0.25) is 15.0 Å². The van der Waals surface area contributed by atoms with Crippen LogP contribution in [-0.4, -0.2) is 35.6 Å². The van der Waals surface area contributed by atoms with Gasteiger partial charge >= 0.3 is 6.03 Å². The van der Waals surface area contributed by atoms with E-state index in [4.69, 9.17) is 5.41 Å². The van der Waals surface area contributed by atoms with Crippen molar-refractivity contribution in [3.8, 4) is 0 Å². The lowest BCUT2D eigenvalue weighted by atomic mass is 10.1. The number of amides is 4. The third kappa shape index (κ3) is 4.53. The molecule has 1 aromatic heterocycles. The number of primary amides is 1. The van der Waals surface area contributed by atoms with Crippen LogP contribution in [0.4, 0.5) is 15.5 Å². The fraction of sp³-hybridized carbons (Fsp3) is 0.111. The van der Waals surface area contributed by atoms with E-state index in [1.807, 2.05) is 24.3 Å². The number of nitrogens with zero attached hydrogens (tertiary/aromatic N) is 1. The number of rotatable bonds is 5. The Hall–Kier alpha value is -2.82. The predicted molar refractivity (Wildman–Crippen MR) is 110 cm³/mol. The Morgan fingerprint density at radius 1 is 1.32 bits per heavy atom. The minimum Gasteiger partial charge on any atom is -0.362 e. The minimum atomic E-state index is -0.416. The first-order valence-corrected chi connectivity index (χ1v) is 9.86. The predicted octanol–water partition coefficient (Wildman–Crippen LogP) is 2.17. The van der Waals surface area contributed by atoms with Crippen LogP contribution in [0.5, 0.6) is 0 Å². The van der Waals surface area contributed by atoms with Crippen molar-refractivity contribution in [1.82, 2.24) is 10.2 Å². The topological polar surface area (TPSA) is 119 Å². The van der Waals surface area contributed by atoms with E-state index in [2.05, 4.69) is 26.6 Å². The Balaban J connectivity index is 1.57. The van der Waals surface area contributed by atoms with Crippen molar-refractivity contribution in [1.29, 1.82) is 5.41 Å². The van der Waals surface area contributed by atoms with Gasteiger partial charge in [0.05, 0.1) is 6.42 Å². The van der Waals surface area contributed by atoms with Crippen LogP contribution in [0.1, 0.15) is 15.9 Å². The highest BCUT2D eigenvalue weighted by molar-refractivity contribution is 9.10. The molecule has 0 spiro atoms. The molecule has 4 amide bonds. The third-order valence-electron chi connectivity index (χ3n) is 3.97. The number of halogens is 1. The smallest absolute Gasteiger partial charge is 0.362 e. The van der Waals surface area contributed by atoms with Crippen LogP contribution >= 0.6 is 27.3 Å². The van der Waals surface area contributed by atoms with Crippen LogP contribution in [0.2, 0.25) is 0 Å². The van der Waals surface area contributed by atoms with Crippen molar-refractivity contribution in [2.45, 2.75) is 6.42 Å². The van der Waals surface area contributed by atoms with Gasteiger partial charge in [-0.05, 0) is 35.9 Å². The van der Waals surface area contributed by atoms with Crippen molar-refractivity contribution < 1.29 is 19.7 Å². The van der Waals surface area contributed by atoms with Crippen LogP contribution in [0.3, 0.4) is 0 Å². The summed E-state index contributed by atoms with van der Waals surface area (Å²) in [6.07, 6.45) is 2.93. The Morgan fingerprint density at radius 2 is 2.04 bits per heavy atom. The highest BCUT2D eigenvalue weighted by atomic mass is 79.9. The molecule has 2 heterocycles. The average molecular weight is 463 g/mol. The van der Waals surface area contributed by atoms with E-state index in [1.165, 1.54) is 29.8 Å². The first kappa shape index (κ1) is 19.9. The maximum atomic E-state index is 12.3. The molecule has 0 atom stereocenters. The van der Waals surface area contributed by atoms with Crippen LogP contribution in [-0.2, 0) is 11.2 Å². The minimum absolute atomic E-state index is 0.0518. The Kier molecular flexibility index (Phi) is 6.02. The molecule has 144 valence electrons. The Morgan fingerprint density at radius 3 is 2.75 bits per heavy atom. The van der Waals surface area contributed by atoms with Gasteiger partial charge in [-0.25, -0.2) is 15.0 Å². The van der Waals surface area contributed by atoms with Crippen LogP contribution in [0.15, 0.2) is 46.4 Å². The van der Waals surface area contributed by atoms with Crippen molar-refractivity contribution in [2.75, 3.05) is 12.4 Å². The number of fused-ring (bicyclic) bond motifs is 1. The van der Waals surface area contributed by atoms with E-state index in [1.54, 1.807) is 11.6 Å². The van der Waals surface area contributed by atoms with E-state index < -0.39 is 11.8 Å². The molecule has 3 rings (SSSR count). The quantitative estimate of drug-likeness (QED) is 0.402. The molecule has 0 bridgehead atoms. The number of imide groups is 1. The number of hydrogen-bond donors (Lipinski definition) is 4. The molecule has 0 radical (unpaired) electrons. The van der Waals surface area contributed by atoms with Crippen LogP contribution < -0.4 is 16.0 Å². The van der Waals surface area contributed by atoms with Crippen LogP contribution in [0.25, 0.3) is 0 Å². The number of carbonyl (C=O) groups excluding carboxylic acids is 3. The van der Waals surface area contributed by atoms with E-state index in [0.29, 0.717) is 16.1 Å². The SMILES string of the molecule is CN1C(=O)[NH2+]c2scc(CC(=O)NC(=N)/C=C\Nc3ccc(Br)cc3)c2C1=O. The molecule has 5 N–H and O–H groups in total. The van der Waals surface area contributed by atoms with Crippen LogP contribution in [0, 0.1) is 5.41 Å². The lowest BCUT2D eigenvalue weighted by Gasteiger charge is -2.17. The summed E-state index contributed by atoms with van der Waals surface area (Å²) in [6.45, 7) is 0. The van der Waals surface area contributed by atoms with E-state index >= 15 is 0 Å². The number of nitrogens with one attached hydrogen (secondary N) is 3. The van der Waals surface area contributed by atoms with Gasteiger partial charge in [0.25, 0.3) is 5.91 Å². The zero-order valence-electron chi connectivity index (χ0n) is 14.8. The number of urea groups is 1. The first-order chi connectivity index (χ1) is 13.3. The van der Waals surface area contributed by atoms with Gasteiger partial charge in [-0.1, -0.05) is 27.3 Å². The largest absolute Gasteiger partial charge is 0.428 e. The molecule has 0 saturated carbocycles. The Bertz CT molecular complexity index is 984. The lowest BCUT2D eigenvalue weighted by molar-refractivity contribution is -0.468. The summed E-state index contributed by atoms with van der Waals surface area (Å²) in [5.41, 5.74) is 1.76. The molecule has 0 fully saturated rings. The van der Waals surface area contributed by atoms with Gasteiger partial charge in [0, 0.05) is 28.8 Å². The second kappa shape index (κ2) is 8.46. The van der Waals surface area contributed by atoms with Gasteiger partial charge in [-0.15, -0.1) is 0 Å². The molecule has 0 unspecified atom stereocenters. The summed E-state index contributed by atoms with van der Waals surface area (Å²) in [6, 6.07) is 7.13. The van der Waals surface area contributed by atoms with Crippen molar-refractivity contribution >= 4 is 61.6 Å². The maximum Gasteiger partial charge on any atom is 0.428 e. The summed E-state index contributed by atoms with van der Waals surface area (Å²) in [5.74, 6) is -0.907. The average Bonchev–Trinajstić information content (AvgIpc) is 3.03. The third-order valence-corrected chi connectivity index (χ3v) is 5.48. The summed E-state index contributed by atoms with van der Waals surface area (Å²) < 4.78 is 0.962. The van der Waals surface area contributed by atoms with Crippen molar-refractivity contribution in [3.05, 3.63) is 57.5 Å². The summed E-state index contributed by atoms with van der Waals surface area (Å²) in [7, 11) is 1.41. The zero-order valence-corrected chi connectivity index (χ0v) is 17.2. The van der Waals surface area contributed by atoms with E-state index in [9.17, 15) is 14.4 Å². The molecule has 0 aliphatic carbocycles. The molecule has 2 aromatic rings. The fourth-order valence-electron chi connectivity index (χ4n) is 2.54. The summed E-state index contributed by atoms with van der Waals surface area (Å²) in [4.78, 5) is 37.2. The fourth-order valence-corrected chi connectivity index (χ4v) is 3.78. The van der Waals surface area contributed by atoms with Gasteiger partial charge in [0.15, 0.2) is 0 Å². The molecule has 1 aliphatic rings. The second-order valence-electron chi connectivity index (χ2n) is 5.97. The number of hydrogen-bond acceptors (Lipinski definition) is 6. The second-order valence-corrected chi connectivity index (χ2v) is 7.80. The molecular formula is C18H17BrN5O3S+. The number of benzene rings is 1. The molecule has 1 aromatic carbocycles. The Labute approximate surface area is 173 Å². The van der Waals surface area contributed by atoms with Gasteiger partial charge in [0.2, 0.25) is 10.9 Å². The normalized spacial score (nSPS) is 13.6. The highest BCUT2D eigenvalue weighted by Crippen LogP contribution is 2.28. The molecule has 8 nitrogen and oxygen atoms in total. The lowest BCUT2D eigenvalue weighted by Crippen LogP contribution is -2.87. The van der Waals surface area contributed by atoms with E-state index in [0.717, 1.165) is 15.1 Å².